The SMILES string of the molecule is CCNc1cc2ccccc2cc1-c1ccccc1. The van der Waals surface area contributed by atoms with Crippen molar-refractivity contribution in [1.29, 1.82) is 0 Å². The highest BCUT2D eigenvalue weighted by Gasteiger charge is 2.06. The first-order chi connectivity index (χ1) is 9.38. The molecule has 3 aromatic carbocycles. The van der Waals surface area contributed by atoms with E-state index in [0.29, 0.717) is 0 Å². The van der Waals surface area contributed by atoms with E-state index >= 15 is 0 Å². The summed E-state index contributed by atoms with van der Waals surface area (Å²) in [6, 6.07) is 23.5. The van der Waals surface area contributed by atoms with Crippen LogP contribution in [0.1, 0.15) is 6.92 Å². The lowest BCUT2D eigenvalue weighted by atomic mass is 9.99. The minimum absolute atomic E-state index is 0.929. The predicted octanol–water partition coefficient (Wildman–Crippen LogP) is 4.94. The van der Waals surface area contributed by atoms with E-state index in [1.54, 1.807) is 0 Å². The van der Waals surface area contributed by atoms with Gasteiger partial charge in [-0.25, -0.2) is 0 Å². The van der Waals surface area contributed by atoms with Gasteiger partial charge >= 0.3 is 0 Å². The van der Waals surface area contributed by atoms with Gasteiger partial charge in [0.05, 0.1) is 0 Å². The minimum Gasteiger partial charge on any atom is -0.385 e. The minimum atomic E-state index is 0.929. The summed E-state index contributed by atoms with van der Waals surface area (Å²) in [4.78, 5) is 0. The van der Waals surface area contributed by atoms with E-state index in [1.807, 2.05) is 0 Å². The third-order valence-electron chi connectivity index (χ3n) is 3.34. The summed E-state index contributed by atoms with van der Waals surface area (Å²) in [6.07, 6.45) is 0. The standard InChI is InChI=1S/C18H17N/c1-2-19-18-13-16-11-7-6-10-15(16)12-17(18)14-8-4-3-5-9-14/h3-13,19H,2H2,1H3. The number of fused-ring (bicyclic) bond motifs is 1. The smallest absolute Gasteiger partial charge is 0.0426 e. The molecule has 0 aliphatic rings. The van der Waals surface area contributed by atoms with Crippen molar-refractivity contribution < 1.29 is 0 Å². The van der Waals surface area contributed by atoms with Crippen LogP contribution in [0.15, 0.2) is 66.7 Å². The lowest BCUT2D eigenvalue weighted by Gasteiger charge is -2.13. The highest BCUT2D eigenvalue weighted by atomic mass is 14.9. The molecule has 1 N–H and O–H groups in total. The normalized spacial score (nSPS) is 10.6. The average Bonchev–Trinajstić information content (AvgIpc) is 2.48. The largest absolute Gasteiger partial charge is 0.385 e. The monoisotopic (exact) mass is 247 g/mol. The molecule has 0 amide bonds. The van der Waals surface area contributed by atoms with Crippen LogP contribution in [0.3, 0.4) is 0 Å². The van der Waals surface area contributed by atoms with Crippen LogP contribution >= 0.6 is 0 Å². The zero-order valence-corrected chi connectivity index (χ0v) is 11.1. The molecule has 0 atom stereocenters. The van der Waals surface area contributed by atoms with Crippen molar-refractivity contribution in [1.82, 2.24) is 0 Å². The Kier molecular flexibility index (Phi) is 3.20. The first-order valence-electron chi connectivity index (χ1n) is 6.70. The molecule has 0 aromatic heterocycles. The van der Waals surface area contributed by atoms with Crippen molar-refractivity contribution in [2.75, 3.05) is 11.9 Å². The molecule has 0 saturated carbocycles. The zero-order chi connectivity index (χ0) is 13.1. The molecule has 1 nitrogen and oxygen atoms in total. The second kappa shape index (κ2) is 5.15. The molecule has 19 heavy (non-hydrogen) atoms. The van der Waals surface area contributed by atoms with Crippen molar-refractivity contribution >= 4 is 16.5 Å². The first kappa shape index (κ1) is 11.8. The summed E-state index contributed by atoms with van der Waals surface area (Å²) >= 11 is 0. The molecule has 1 heteroatoms. The van der Waals surface area contributed by atoms with Gasteiger partial charge in [-0.1, -0.05) is 54.6 Å². The molecule has 94 valence electrons. The van der Waals surface area contributed by atoms with Gasteiger partial charge in [-0.05, 0) is 35.4 Å². The van der Waals surface area contributed by atoms with Crippen molar-refractivity contribution in [2.45, 2.75) is 6.92 Å². The molecule has 0 aliphatic carbocycles. The second-order valence-corrected chi connectivity index (χ2v) is 4.64. The average molecular weight is 247 g/mol. The molecule has 3 rings (SSSR count). The summed E-state index contributed by atoms with van der Waals surface area (Å²) in [5, 5.41) is 6.02. The van der Waals surface area contributed by atoms with Gasteiger partial charge in [-0.3, -0.25) is 0 Å². The highest BCUT2D eigenvalue weighted by Crippen LogP contribution is 2.32. The van der Waals surface area contributed by atoms with Crippen molar-refractivity contribution in [2.24, 2.45) is 0 Å². The molecule has 0 unspecified atom stereocenters. The van der Waals surface area contributed by atoms with Gasteiger partial charge in [0.25, 0.3) is 0 Å². The summed E-state index contributed by atoms with van der Waals surface area (Å²) in [5.74, 6) is 0. The van der Waals surface area contributed by atoms with Gasteiger partial charge < -0.3 is 5.32 Å². The van der Waals surface area contributed by atoms with Crippen LogP contribution in [-0.4, -0.2) is 6.54 Å². The predicted molar refractivity (Wildman–Crippen MR) is 83.5 cm³/mol. The summed E-state index contributed by atoms with van der Waals surface area (Å²) in [6.45, 7) is 3.06. The van der Waals surface area contributed by atoms with Crippen molar-refractivity contribution in [3.05, 3.63) is 66.7 Å². The van der Waals surface area contributed by atoms with Crippen LogP contribution in [0.2, 0.25) is 0 Å². The Labute approximate surface area is 113 Å². The molecule has 0 heterocycles. The van der Waals surface area contributed by atoms with Crippen LogP contribution in [0.4, 0.5) is 5.69 Å². The fourth-order valence-electron chi connectivity index (χ4n) is 2.43. The van der Waals surface area contributed by atoms with E-state index in [2.05, 4.69) is 79.0 Å². The van der Waals surface area contributed by atoms with Crippen LogP contribution in [0.25, 0.3) is 21.9 Å². The van der Waals surface area contributed by atoms with Crippen molar-refractivity contribution in [3.63, 3.8) is 0 Å². The first-order valence-corrected chi connectivity index (χ1v) is 6.70. The van der Waals surface area contributed by atoms with Crippen LogP contribution < -0.4 is 5.32 Å². The highest BCUT2D eigenvalue weighted by molar-refractivity contribution is 5.94. The number of hydrogen-bond acceptors (Lipinski definition) is 1. The Bertz CT molecular complexity index is 686. The summed E-state index contributed by atoms with van der Waals surface area (Å²) < 4.78 is 0. The number of nitrogens with one attached hydrogen (secondary N) is 1. The lowest BCUT2D eigenvalue weighted by Crippen LogP contribution is -1.98. The van der Waals surface area contributed by atoms with E-state index < -0.39 is 0 Å². The Morgan fingerprint density at radius 2 is 1.42 bits per heavy atom. The molecule has 0 radical (unpaired) electrons. The maximum Gasteiger partial charge on any atom is 0.0426 e. The van der Waals surface area contributed by atoms with Gasteiger partial charge in [-0.15, -0.1) is 0 Å². The number of benzene rings is 3. The number of hydrogen-bond donors (Lipinski definition) is 1. The van der Waals surface area contributed by atoms with Crippen molar-refractivity contribution in [3.8, 4) is 11.1 Å². The third-order valence-corrected chi connectivity index (χ3v) is 3.34. The van der Waals surface area contributed by atoms with Gasteiger partial charge in [0.1, 0.15) is 0 Å². The molecule has 0 fully saturated rings. The maximum atomic E-state index is 3.47. The molecule has 0 saturated heterocycles. The molecular formula is C18H17N. The summed E-state index contributed by atoms with van der Waals surface area (Å²) in [7, 11) is 0. The van der Waals surface area contributed by atoms with E-state index in [0.717, 1.165) is 6.54 Å². The second-order valence-electron chi connectivity index (χ2n) is 4.64. The van der Waals surface area contributed by atoms with Gasteiger partial charge in [0, 0.05) is 17.8 Å². The fraction of sp³-hybridized carbons (Fsp3) is 0.111. The quantitative estimate of drug-likeness (QED) is 0.691. The van der Waals surface area contributed by atoms with Gasteiger partial charge in [0.15, 0.2) is 0 Å². The molecule has 0 aliphatic heterocycles. The van der Waals surface area contributed by atoms with E-state index in [4.69, 9.17) is 0 Å². The lowest BCUT2D eigenvalue weighted by molar-refractivity contribution is 1.22. The van der Waals surface area contributed by atoms with Crippen LogP contribution in [0, 0.1) is 0 Å². The van der Waals surface area contributed by atoms with Gasteiger partial charge in [-0.2, -0.15) is 0 Å². The summed E-state index contributed by atoms with van der Waals surface area (Å²) in [5.41, 5.74) is 3.72. The zero-order valence-electron chi connectivity index (χ0n) is 11.1. The van der Waals surface area contributed by atoms with Gasteiger partial charge in [0.2, 0.25) is 0 Å². The molecular weight excluding hydrogens is 230 g/mol. The molecule has 3 aromatic rings. The van der Waals surface area contributed by atoms with Crippen LogP contribution in [-0.2, 0) is 0 Å². The topological polar surface area (TPSA) is 12.0 Å². The van der Waals surface area contributed by atoms with E-state index in [1.165, 1.54) is 27.6 Å². The maximum absolute atomic E-state index is 3.47. The molecule has 0 bridgehead atoms. The molecule has 0 spiro atoms. The Balaban J connectivity index is 2.23. The third kappa shape index (κ3) is 2.32. The Morgan fingerprint density at radius 3 is 2.11 bits per heavy atom. The number of anilines is 1. The fourth-order valence-corrected chi connectivity index (χ4v) is 2.43. The van der Waals surface area contributed by atoms with E-state index in [9.17, 15) is 0 Å². The van der Waals surface area contributed by atoms with Crippen LogP contribution in [0.5, 0.6) is 0 Å². The Hall–Kier alpha value is -2.28. The van der Waals surface area contributed by atoms with E-state index in [-0.39, 0.29) is 0 Å². The number of rotatable bonds is 3. The Morgan fingerprint density at radius 1 is 0.789 bits per heavy atom.